The van der Waals surface area contributed by atoms with Gasteiger partial charge in [-0.05, 0) is 96.0 Å². The fourth-order valence-corrected chi connectivity index (χ4v) is 7.45. The van der Waals surface area contributed by atoms with Gasteiger partial charge in [0, 0.05) is 11.8 Å². The molecule has 0 unspecified atom stereocenters. The van der Waals surface area contributed by atoms with Crippen molar-refractivity contribution in [2.45, 2.75) is 0 Å². The van der Waals surface area contributed by atoms with Gasteiger partial charge < -0.3 is 0 Å². The van der Waals surface area contributed by atoms with E-state index in [0.29, 0.717) is 0 Å². The Morgan fingerprint density at radius 1 is 0.356 bits per heavy atom. The van der Waals surface area contributed by atoms with Gasteiger partial charge in [0.25, 0.3) is 0 Å². The van der Waals surface area contributed by atoms with Crippen LogP contribution in [0.3, 0.4) is 0 Å². The van der Waals surface area contributed by atoms with Crippen molar-refractivity contribution in [3.05, 3.63) is 158 Å². The molecule has 2 aromatic heterocycles. The Balaban J connectivity index is 1.06. The second-order valence-corrected chi connectivity index (χ2v) is 12.4. The molecular weight excluding hydrogens is 565 g/mol. The van der Waals surface area contributed by atoms with Gasteiger partial charge in [0.05, 0.1) is 0 Å². The number of nitrogens with zero attached hydrogens (tertiary/aromatic N) is 2. The van der Waals surface area contributed by atoms with Gasteiger partial charge in [-0.15, -0.1) is 0 Å². The lowest BCUT2D eigenvalue weighted by atomic mass is 9.91. The molecule has 0 fully saturated rings. The largest absolute Gasteiger partial charge is 0.244 e. The zero-order valence-corrected chi connectivity index (χ0v) is 25.1. The molecule has 0 aliphatic rings. The van der Waals surface area contributed by atoms with Crippen LogP contribution < -0.4 is 0 Å². The topological polar surface area (TPSA) is 25.8 Å². The van der Waals surface area contributed by atoms with Gasteiger partial charge >= 0.3 is 0 Å². The molecule has 7 aromatic carbocycles. The highest BCUT2D eigenvalue weighted by Crippen LogP contribution is 2.38. The molecule has 9 aromatic rings. The molecule has 0 saturated carbocycles. The standard InChI is InChI=1S/C42H26N2S/c1-2-14-36-34(12-1)35-13-3-4-15-37(35)39-26-32(21-22-38(36)39)28-19-17-27(18-20-28)29-8-5-9-30(24-29)31-10-6-11-33(25-31)41-44-40-16-7-23-43-42(40)45-41/h1-26H. The SMILES string of the molecule is c1cc(-c2ccc(-c3ccc4c5ccccc5c5ccccc5c4c3)cc2)cc(-c2cccc(-c3nc4cccnc4s3)c2)c1. The van der Waals surface area contributed by atoms with Crippen molar-refractivity contribution in [3.63, 3.8) is 0 Å². The van der Waals surface area contributed by atoms with E-state index in [1.807, 2.05) is 18.3 Å². The van der Waals surface area contributed by atoms with Crippen molar-refractivity contribution in [2.24, 2.45) is 0 Å². The summed E-state index contributed by atoms with van der Waals surface area (Å²) in [4.78, 5) is 10.3. The van der Waals surface area contributed by atoms with Crippen LogP contribution in [0.5, 0.6) is 0 Å². The molecule has 0 bridgehead atoms. The number of hydrogen-bond acceptors (Lipinski definition) is 3. The molecule has 0 N–H and O–H groups in total. The summed E-state index contributed by atoms with van der Waals surface area (Å²) in [6, 6.07) is 54.7. The van der Waals surface area contributed by atoms with Gasteiger partial charge in [-0.3, -0.25) is 0 Å². The summed E-state index contributed by atoms with van der Waals surface area (Å²) >= 11 is 1.63. The Morgan fingerprint density at radius 2 is 0.844 bits per heavy atom. The van der Waals surface area contributed by atoms with E-state index >= 15 is 0 Å². The molecule has 0 amide bonds. The third kappa shape index (κ3) is 4.48. The first-order valence-electron chi connectivity index (χ1n) is 15.1. The van der Waals surface area contributed by atoms with Crippen LogP contribution in [0.4, 0.5) is 0 Å². The van der Waals surface area contributed by atoms with Crippen molar-refractivity contribution >= 4 is 54.0 Å². The van der Waals surface area contributed by atoms with Gasteiger partial charge in [0.15, 0.2) is 0 Å². The maximum absolute atomic E-state index is 4.82. The van der Waals surface area contributed by atoms with Crippen molar-refractivity contribution in [1.29, 1.82) is 0 Å². The number of aromatic nitrogens is 2. The Morgan fingerprint density at radius 3 is 1.47 bits per heavy atom. The van der Waals surface area contributed by atoms with E-state index in [1.165, 1.54) is 65.7 Å². The number of thiazole rings is 1. The summed E-state index contributed by atoms with van der Waals surface area (Å²) in [5.41, 5.74) is 9.26. The predicted molar refractivity (Wildman–Crippen MR) is 192 cm³/mol. The summed E-state index contributed by atoms with van der Waals surface area (Å²) in [6.45, 7) is 0. The molecule has 3 heteroatoms. The van der Waals surface area contributed by atoms with Crippen LogP contribution in [0, 0.1) is 0 Å². The Bertz CT molecular complexity index is 2470. The molecule has 0 saturated heterocycles. The fourth-order valence-electron chi connectivity index (χ4n) is 6.55. The van der Waals surface area contributed by atoms with Crippen LogP contribution in [0.2, 0.25) is 0 Å². The minimum absolute atomic E-state index is 0.943. The molecule has 45 heavy (non-hydrogen) atoms. The van der Waals surface area contributed by atoms with E-state index in [2.05, 4.69) is 145 Å². The van der Waals surface area contributed by atoms with Crippen LogP contribution in [0.15, 0.2) is 158 Å². The predicted octanol–water partition coefficient (Wildman–Crippen LogP) is 11.8. The molecule has 210 valence electrons. The Labute approximate surface area is 264 Å². The zero-order valence-electron chi connectivity index (χ0n) is 24.3. The van der Waals surface area contributed by atoms with Crippen molar-refractivity contribution < 1.29 is 0 Å². The second-order valence-electron chi connectivity index (χ2n) is 11.4. The fraction of sp³-hybridized carbons (Fsp3) is 0. The first-order chi connectivity index (χ1) is 22.3. The van der Waals surface area contributed by atoms with Crippen LogP contribution in [0.25, 0.3) is 86.6 Å². The average molecular weight is 591 g/mol. The van der Waals surface area contributed by atoms with Crippen LogP contribution >= 0.6 is 11.3 Å². The molecule has 9 rings (SSSR count). The third-order valence-electron chi connectivity index (χ3n) is 8.77. The number of hydrogen-bond donors (Lipinski definition) is 0. The smallest absolute Gasteiger partial charge is 0.143 e. The van der Waals surface area contributed by atoms with Crippen molar-refractivity contribution in [3.8, 4) is 44.0 Å². The lowest BCUT2D eigenvalue weighted by molar-refractivity contribution is 1.40. The summed E-state index contributed by atoms with van der Waals surface area (Å²) in [5.74, 6) is 0. The highest BCUT2D eigenvalue weighted by molar-refractivity contribution is 7.21. The van der Waals surface area contributed by atoms with Crippen LogP contribution in [0.1, 0.15) is 0 Å². The maximum atomic E-state index is 4.82. The molecular formula is C42H26N2S. The quantitative estimate of drug-likeness (QED) is 0.191. The van der Waals surface area contributed by atoms with Crippen molar-refractivity contribution in [1.82, 2.24) is 9.97 Å². The summed E-state index contributed by atoms with van der Waals surface area (Å²) in [5, 5.41) is 8.79. The van der Waals surface area contributed by atoms with E-state index in [9.17, 15) is 0 Å². The van der Waals surface area contributed by atoms with Gasteiger partial charge in [-0.2, -0.15) is 0 Å². The molecule has 2 heterocycles. The van der Waals surface area contributed by atoms with E-state index in [-0.39, 0.29) is 0 Å². The first kappa shape index (κ1) is 25.8. The van der Waals surface area contributed by atoms with Crippen LogP contribution in [-0.2, 0) is 0 Å². The summed E-state index contributed by atoms with van der Waals surface area (Å²) < 4.78 is 0. The number of pyridine rings is 1. The minimum Gasteiger partial charge on any atom is -0.244 e. The number of benzene rings is 7. The lowest BCUT2D eigenvalue weighted by Crippen LogP contribution is -1.86. The Hall–Kier alpha value is -5.64. The summed E-state index contributed by atoms with van der Waals surface area (Å²) in [6.07, 6.45) is 1.82. The first-order valence-corrected chi connectivity index (χ1v) is 16.0. The third-order valence-corrected chi connectivity index (χ3v) is 9.80. The molecule has 0 aliphatic carbocycles. The molecule has 0 radical (unpaired) electrons. The lowest BCUT2D eigenvalue weighted by Gasteiger charge is -2.12. The highest BCUT2D eigenvalue weighted by atomic mass is 32.1. The van der Waals surface area contributed by atoms with E-state index in [1.54, 1.807) is 11.3 Å². The highest BCUT2D eigenvalue weighted by Gasteiger charge is 2.11. The van der Waals surface area contributed by atoms with E-state index in [0.717, 1.165) is 20.9 Å². The normalized spacial score (nSPS) is 11.6. The minimum atomic E-state index is 0.943. The van der Waals surface area contributed by atoms with Gasteiger partial charge in [-0.25, -0.2) is 9.97 Å². The Kier molecular flexibility index (Phi) is 6.03. The average Bonchev–Trinajstić information content (AvgIpc) is 3.57. The number of fused-ring (bicyclic) bond motifs is 7. The monoisotopic (exact) mass is 590 g/mol. The molecule has 0 aliphatic heterocycles. The maximum Gasteiger partial charge on any atom is 0.143 e. The van der Waals surface area contributed by atoms with Gasteiger partial charge in [-0.1, -0.05) is 133 Å². The summed E-state index contributed by atoms with van der Waals surface area (Å²) in [7, 11) is 0. The molecule has 0 atom stereocenters. The zero-order chi connectivity index (χ0) is 29.7. The van der Waals surface area contributed by atoms with E-state index in [4.69, 9.17) is 4.98 Å². The van der Waals surface area contributed by atoms with Gasteiger partial charge in [0.2, 0.25) is 0 Å². The number of rotatable bonds is 4. The van der Waals surface area contributed by atoms with Crippen LogP contribution in [-0.4, -0.2) is 9.97 Å². The second kappa shape index (κ2) is 10.5. The van der Waals surface area contributed by atoms with E-state index < -0.39 is 0 Å². The van der Waals surface area contributed by atoms with Gasteiger partial charge in [0.1, 0.15) is 15.4 Å². The molecule has 2 nitrogen and oxygen atoms in total. The molecule has 0 spiro atoms. The van der Waals surface area contributed by atoms with Crippen molar-refractivity contribution in [2.75, 3.05) is 0 Å².